The summed E-state index contributed by atoms with van der Waals surface area (Å²) < 4.78 is 6.13. The number of furan rings is 1. The fourth-order valence-electron chi connectivity index (χ4n) is 5.11. The Morgan fingerprint density at radius 3 is 1.80 bits per heavy atom. The van der Waals surface area contributed by atoms with E-state index >= 15 is 0 Å². The van der Waals surface area contributed by atoms with Crippen LogP contribution in [-0.4, -0.2) is 0 Å². The summed E-state index contributed by atoms with van der Waals surface area (Å²) >= 11 is 0. The topological polar surface area (TPSA) is 19.6 Å². The Morgan fingerprint density at radius 1 is 0.486 bits per heavy atom. The van der Waals surface area contributed by atoms with Gasteiger partial charge in [0.2, 0.25) is 0 Å². The number of benzene rings is 5. The molecule has 3 heteroatoms. The van der Waals surface area contributed by atoms with Gasteiger partial charge in [0.15, 0.2) is 0 Å². The van der Waals surface area contributed by atoms with E-state index in [-0.39, 0.29) is 0 Å². The molecule has 0 aliphatic carbocycles. The van der Waals surface area contributed by atoms with Crippen LogP contribution in [0.15, 0.2) is 132 Å². The van der Waals surface area contributed by atoms with Crippen LogP contribution in [0.1, 0.15) is 11.1 Å². The molecule has 0 fully saturated rings. The lowest BCUT2D eigenvalue weighted by Crippen LogP contribution is -2.35. The summed E-state index contributed by atoms with van der Waals surface area (Å²) in [6.07, 6.45) is 0. The monoisotopic (exact) mass is 450 g/mol. The number of hydrazine groups is 1. The van der Waals surface area contributed by atoms with E-state index in [0.29, 0.717) is 0 Å². The number of nitrogens with zero attached hydrogens (tertiary/aromatic N) is 2. The molecular formula is C32H22N2O. The maximum atomic E-state index is 6.13. The van der Waals surface area contributed by atoms with Crippen molar-refractivity contribution in [3.63, 3.8) is 0 Å². The van der Waals surface area contributed by atoms with Crippen LogP contribution in [0.5, 0.6) is 0 Å². The molecule has 1 aliphatic rings. The molecule has 0 bridgehead atoms. The molecule has 5 aromatic carbocycles. The fourth-order valence-corrected chi connectivity index (χ4v) is 5.11. The van der Waals surface area contributed by atoms with Gasteiger partial charge in [-0.05, 0) is 54.1 Å². The van der Waals surface area contributed by atoms with Crippen LogP contribution in [0.4, 0.5) is 22.7 Å². The molecule has 0 radical (unpaired) electrons. The van der Waals surface area contributed by atoms with Crippen molar-refractivity contribution in [2.45, 2.75) is 0 Å². The van der Waals surface area contributed by atoms with Gasteiger partial charge in [-0.3, -0.25) is 0 Å². The Balaban J connectivity index is 1.57. The van der Waals surface area contributed by atoms with Gasteiger partial charge in [0.1, 0.15) is 11.2 Å². The molecular weight excluding hydrogens is 428 g/mol. The molecule has 35 heavy (non-hydrogen) atoms. The molecule has 1 aromatic heterocycles. The van der Waals surface area contributed by atoms with Crippen LogP contribution in [-0.2, 0) is 0 Å². The van der Waals surface area contributed by atoms with Gasteiger partial charge in [-0.25, -0.2) is 10.0 Å². The highest BCUT2D eigenvalue weighted by molar-refractivity contribution is 6.07. The van der Waals surface area contributed by atoms with Gasteiger partial charge in [-0.1, -0.05) is 79.4 Å². The first-order valence-electron chi connectivity index (χ1n) is 11.7. The number of rotatable bonds is 2. The maximum Gasteiger partial charge on any atom is 0.135 e. The van der Waals surface area contributed by atoms with Crippen LogP contribution >= 0.6 is 0 Å². The van der Waals surface area contributed by atoms with Crippen LogP contribution in [0.3, 0.4) is 0 Å². The molecule has 6 aromatic rings. The summed E-state index contributed by atoms with van der Waals surface area (Å²) in [5.74, 6) is 0. The largest absolute Gasteiger partial charge is 0.456 e. The standard InChI is InChI=1S/C32H22N2O/c1-22-25-13-5-8-16-29(25)33(23-11-3-2-4-12-23)34(30-17-9-6-14-26(22)30)24-19-20-32-28(21-24)27-15-7-10-18-31(27)35-32/h2-21H,1H2. The van der Waals surface area contributed by atoms with Crippen molar-refractivity contribution in [3.8, 4) is 0 Å². The van der Waals surface area contributed by atoms with Gasteiger partial charge in [0.25, 0.3) is 0 Å². The molecule has 0 saturated carbocycles. The van der Waals surface area contributed by atoms with Crippen molar-refractivity contribution in [2.24, 2.45) is 0 Å². The molecule has 0 amide bonds. The Morgan fingerprint density at radius 2 is 1.06 bits per heavy atom. The highest BCUT2D eigenvalue weighted by atomic mass is 16.3. The van der Waals surface area contributed by atoms with Gasteiger partial charge >= 0.3 is 0 Å². The lowest BCUT2D eigenvalue weighted by Gasteiger charge is -2.38. The number of fused-ring (bicyclic) bond motifs is 5. The third kappa shape index (κ3) is 2.99. The molecule has 7 rings (SSSR count). The predicted octanol–water partition coefficient (Wildman–Crippen LogP) is 8.85. The van der Waals surface area contributed by atoms with Crippen molar-refractivity contribution < 1.29 is 4.42 Å². The maximum absolute atomic E-state index is 6.13. The average Bonchev–Trinajstić information content (AvgIpc) is 3.25. The first kappa shape index (κ1) is 19.7. The number of hydrogen-bond donors (Lipinski definition) is 0. The molecule has 0 N–H and O–H groups in total. The van der Waals surface area contributed by atoms with Crippen molar-refractivity contribution in [1.29, 1.82) is 0 Å². The zero-order chi connectivity index (χ0) is 23.4. The smallest absolute Gasteiger partial charge is 0.135 e. The highest BCUT2D eigenvalue weighted by Crippen LogP contribution is 2.47. The Hall–Kier alpha value is -4.76. The summed E-state index contributed by atoms with van der Waals surface area (Å²) in [6, 6.07) is 42.1. The molecule has 3 nitrogen and oxygen atoms in total. The summed E-state index contributed by atoms with van der Waals surface area (Å²) in [5.41, 5.74) is 9.28. The van der Waals surface area contributed by atoms with E-state index in [1.807, 2.05) is 18.2 Å². The predicted molar refractivity (Wildman–Crippen MR) is 145 cm³/mol. The van der Waals surface area contributed by atoms with Gasteiger partial charge in [0.05, 0.1) is 22.7 Å². The van der Waals surface area contributed by atoms with E-state index in [2.05, 4.69) is 120 Å². The Kier molecular flexibility index (Phi) is 4.30. The molecule has 0 atom stereocenters. The highest BCUT2D eigenvalue weighted by Gasteiger charge is 2.30. The lowest BCUT2D eigenvalue weighted by atomic mass is 9.97. The van der Waals surface area contributed by atoms with Crippen molar-refractivity contribution in [1.82, 2.24) is 0 Å². The Bertz CT molecular complexity index is 1730. The molecule has 166 valence electrons. The molecule has 0 unspecified atom stereocenters. The first-order chi connectivity index (χ1) is 17.3. The van der Waals surface area contributed by atoms with Crippen molar-refractivity contribution in [3.05, 3.63) is 139 Å². The molecule has 0 spiro atoms. The molecule has 1 aliphatic heterocycles. The zero-order valence-corrected chi connectivity index (χ0v) is 19.1. The van der Waals surface area contributed by atoms with E-state index in [1.165, 1.54) is 0 Å². The SMILES string of the molecule is C=C1c2ccccc2N(c2ccccc2)N(c2ccc3oc4ccccc4c3c2)c2ccccc21. The lowest BCUT2D eigenvalue weighted by molar-refractivity contribution is 0.669. The van der Waals surface area contributed by atoms with Crippen LogP contribution in [0.2, 0.25) is 0 Å². The second kappa shape index (κ2) is 7.64. The number of hydrogen-bond acceptors (Lipinski definition) is 3. The minimum atomic E-state index is 0.883. The number of para-hydroxylation sites is 4. The summed E-state index contributed by atoms with van der Waals surface area (Å²) in [4.78, 5) is 0. The van der Waals surface area contributed by atoms with Crippen LogP contribution in [0, 0.1) is 0 Å². The van der Waals surface area contributed by atoms with Gasteiger partial charge in [-0.15, -0.1) is 0 Å². The molecule has 2 heterocycles. The van der Waals surface area contributed by atoms with Gasteiger partial charge in [-0.2, -0.15) is 0 Å². The zero-order valence-electron chi connectivity index (χ0n) is 19.1. The van der Waals surface area contributed by atoms with Gasteiger partial charge in [0, 0.05) is 21.9 Å². The van der Waals surface area contributed by atoms with Crippen molar-refractivity contribution in [2.75, 3.05) is 10.0 Å². The van der Waals surface area contributed by atoms with E-state index in [0.717, 1.165) is 61.4 Å². The first-order valence-corrected chi connectivity index (χ1v) is 11.7. The normalized spacial score (nSPS) is 13.1. The van der Waals surface area contributed by atoms with E-state index in [1.54, 1.807) is 0 Å². The minimum absolute atomic E-state index is 0.883. The third-order valence-corrected chi connectivity index (χ3v) is 6.72. The molecule has 0 saturated heterocycles. The van der Waals surface area contributed by atoms with E-state index in [9.17, 15) is 0 Å². The summed E-state index contributed by atoms with van der Waals surface area (Å²) in [7, 11) is 0. The van der Waals surface area contributed by atoms with E-state index < -0.39 is 0 Å². The number of anilines is 4. The van der Waals surface area contributed by atoms with Gasteiger partial charge < -0.3 is 4.42 Å². The third-order valence-electron chi connectivity index (χ3n) is 6.72. The van der Waals surface area contributed by atoms with Crippen LogP contribution < -0.4 is 10.0 Å². The fraction of sp³-hybridized carbons (Fsp3) is 0. The van der Waals surface area contributed by atoms with Crippen LogP contribution in [0.25, 0.3) is 27.5 Å². The average molecular weight is 451 g/mol. The summed E-state index contributed by atoms with van der Waals surface area (Å²) in [6.45, 7) is 4.53. The quantitative estimate of drug-likeness (QED) is 0.263. The van der Waals surface area contributed by atoms with E-state index in [4.69, 9.17) is 4.42 Å². The summed E-state index contributed by atoms with van der Waals surface area (Å²) in [5, 5.41) is 6.79. The van der Waals surface area contributed by atoms with Crippen molar-refractivity contribution >= 4 is 50.3 Å². The second-order valence-corrected chi connectivity index (χ2v) is 8.75. The Labute approximate surface area is 203 Å². The minimum Gasteiger partial charge on any atom is -0.456 e. The second-order valence-electron chi connectivity index (χ2n) is 8.75.